The number of rotatable bonds is 9. The van der Waals surface area contributed by atoms with Gasteiger partial charge in [-0.2, -0.15) is 0 Å². The number of carbonyl (C=O) groups is 2. The van der Waals surface area contributed by atoms with Gasteiger partial charge in [-0.1, -0.05) is 29.8 Å². The number of anilines is 2. The predicted molar refractivity (Wildman–Crippen MR) is 143 cm³/mol. The molecule has 2 aliphatic heterocycles. The van der Waals surface area contributed by atoms with Gasteiger partial charge in [0.25, 0.3) is 0 Å². The Labute approximate surface area is 218 Å². The number of nitrogens with zero attached hydrogens (tertiary/aromatic N) is 3. The van der Waals surface area contributed by atoms with Crippen LogP contribution >= 0.6 is 11.6 Å². The van der Waals surface area contributed by atoms with E-state index in [9.17, 15) is 9.59 Å². The number of unbranched alkanes of at least 4 members (excludes halogenated alkanes) is 1. The highest BCUT2D eigenvalue weighted by Crippen LogP contribution is 2.33. The maximum absolute atomic E-state index is 12.6. The molecule has 7 nitrogen and oxygen atoms in total. The lowest BCUT2D eigenvalue weighted by Gasteiger charge is -2.36. The molecule has 36 heavy (non-hydrogen) atoms. The largest absolute Gasteiger partial charge is 0.494 e. The molecule has 194 valence electrons. The molecule has 2 aromatic carbocycles. The molecule has 0 saturated carbocycles. The van der Waals surface area contributed by atoms with Crippen LogP contribution in [0.5, 0.6) is 5.75 Å². The van der Waals surface area contributed by atoms with Gasteiger partial charge in [0.1, 0.15) is 5.75 Å². The first-order valence-electron chi connectivity index (χ1n) is 12.8. The number of halogens is 1. The maximum Gasteiger partial charge on any atom is 0.304 e. The van der Waals surface area contributed by atoms with Gasteiger partial charge in [0.15, 0.2) is 6.23 Å². The molecule has 1 amide bonds. The standard InChI is InChI=1S/C28H36ClN3O4/c1-20-7-6-8-25(28(20)29)31-16-14-30(15-17-31)13-4-5-18-35-24-11-9-23-10-12-27(34)32(26(23)19-24)21(2)36-22(3)33/h6-9,11,19,21H,4-5,10,12-18H2,1-3H3. The van der Waals surface area contributed by atoms with Crippen molar-refractivity contribution in [3.05, 3.63) is 52.5 Å². The molecular weight excluding hydrogens is 478 g/mol. The van der Waals surface area contributed by atoms with E-state index in [0.29, 0.717) is 19.4 Å². The summed E-state index contributed by atoms with van der Waals surface area (Å²) in [7, 11) is 0. The van der Waals surface area contributed by atoms with Gasteiger partial charge in [-0.15, -0.1) is 0 Å². The number of hydrogen-bond donors (Lipinski definition) is 0. The summed E-state index contributed by atoms with van der Waals surface area (Å²) in [4.78, 5) is 30.4. The fraction of sp³-hybridized carbons (Fsp3) is 0.500. The van der Waals surface area contributed by atoms with Crippen molar-refractivity contribution in [2.45, 2.75) is 52.7 Å². The van der Waals surface area contributed by atoms with Crippen molar-refractivity contribution in [1.29, 1.82) is 0 Å². The average Bonchev–Trinajstić information content (AvgIpc) is 2.85. The molecule has 0 bridgehead atoms. The van der Waals surface area contributed by atoms with Gasteiger partial charge in [0.05, 0.1) is 23.0 Å². The SMILES string of the molecule is CC(=O)OC(C)N1C(=O)CCc2ccc(OCCCCN3CCN(c4cccc(C)c4Cl)CC3)cc21. The molecule has 1 saturated heterocycles. The number of piperazine rings is 1. The Morgan fingerprint density at radius 3 is 2.58 bits per heavy atom. The Hall–Kier alpha value is -2.77. The van der Waals surface area contributed by atoms with Gasteiger partial charge in [-0.25, -0.2) is 0 Å². The van der Waals surface area contributed by atoms with E-state index in [1.165, 1.54) is 6.92 Å². The van der Waals surface area contributed by atoms with Crippen LogP contribution in [0.4, 0.5) is 11.4 Å². The van der Waals surface area contributed by atoms with Crippen LogP contribution in [-0.2, 0) is 20.7 Å². The van der Waals surface area contributed by atoms with Crippen molar-refractivity contribution in [2.75, 3.05) is 49.1 Å². The molecule has 2 aromatic rings. The lowest BCUT2D eigenvalue weighted by atomic mass is 10.0. The number of carbonyl (C=O) groups excluding carboxylic acids is 2. The van der Waals surface area contributed by atoms with Crippen LogP contribution in [0.3, 0.4) is 0 Å². The van der Waals surface area contributed by atoms with E-state index in [4.69, 9.17) is 21.1 Å². The van der Waals surface area contributed by atoms with Crippen LogP contribution in [-0.4, -0.2) is 62.3 Å². The van der Waals surface area contributed by atoms with Crippen molar-refractivity contribution < 1.29 is 19.1 Å². The van der Waals surface area contributed by atoms with E-state index >= 15 is 0 Å². The summed E-state index contributed by atoms with van der Waals surface area (Å²) in [6, 6.07) is 12.1. The molecule has 1 atom stereocenters. The fourth-order valence-corrected chi connectivity index (χ4v) is 5.22. The van der Waals surface area contributed by atoms with Crippen molar-refractivity contribution >= 4 is 34.9 Å². The molecule has 2 heterocycles. The second kappa shape index (κ2) is 12.0. The molecule has 0 N–H and O–H groups in total. The molecule has 1 unspecified atom stereocenters. The minimum atomic E-state index is -0.647. The topological polar surface area (TPSA) is 62.3 Å². The van der Waals surface area contributed by atoms with E-state index in [-0.39, 0.29) is 5.91 Å². The number of hydrogen-bond acceptors (Lipinski definition) is 6. The lowest BCUT2D eigenvalue weighted by Crippen LogP contribution is -2.46. The average molecular weight is 514 g/mol. The highest BCUT2D eigenvalue weighted by Gasteiger charge is 2.30. The third kappa shape index (κ3) is 6.31. The van der Waals surface area contributed by atoms with Gasteiger partial charge in [0.2, 0.25) is 5.91 Å². The normalized spacial score (nSPS) is 17.1. The number of benzene rings is 2. The molecule has 0 aliphatic carbocycles. The van der Waals surface area contributed by atoms with Crippen molar-refractivity contribution in [1.82, 2.24) is 4.90 Å². The number of esters is 1. The van der Waals surface area contributed by atoms with Crippen molar-refractivity contribution in [2.24, 2.45) is 0 Å². The Kier molecular flexibility index (Phi) is 8.75. The smallest absolute Gasteiger partial charge is 0.304 e. The van der Waals surface area contributed by atoms with E-state index in [1.54, 1.807) is 11.8 Å². The summed E-state index contributed by atoms with van der Waals surface area (Å²) in [5.41, 5.74) is 4.09. The second-order valence-corrected chi connectivity index (χ2v) is 9.93. The highest BCUT2D eigenvalue weighted by atomic mass is 35.5. The summed E-state index contributed by atoms with van der Waals surface area (Å²) in [5, 5.41) is 0.860. The summed E-state index contributed by atoms with van der Waals surface area (Å²) >= 11 is 6.51. The van der Waals surface area contributed by atoms with E-state index in [2.05, 4.69) is 21.9 Å². The number of ether oxygens (including phenoxy) is 2. The highest BCUT2D eigenvalue weighted by molar-refractivity contribution is 6.34. The van der Waals surface area contributed by atoms with E-state index in [0.717, 1.165) is 78.8 Å². The van der Waals surface area contributed by atoms with Crippen LogP contribution in [0.15, 0.2) is 36.4 Å². The van der Waals surface area contributed by atoms with Gasteiger partial charge in [-0.05, 0) is 62.9 Å². The molecule has 8 heteroatoms. The molecule has 2 aliphatic rings. The monoisotopic (exact) mass is 513 g/mol. The zero-order valence-electron chi connectivity index (χ0n) is 21.5. The number of aryl methyl sites for hydroxylation is 2. The minimum absolute atomic E-state index is 0.0434. The Bertz CT molecular complexity index is 1080. The molecule has 1 fully saturated rings. The summed E-state index contributed by atoms with van der Waals surface area (Å²) in [6.45, 7) is 10.8. The summed E-state index contributed by atoms with van der Waals surface area (Å²) < 4.78 is 11.3. The van der Waals surface area contributed by atoms with Gasteiger partial charge < -0.3 is 14.4 Å². The lowest BCUT2D eigenvalue weighted by molar-refractivity contribution is -0.146. The number of amides is 1. The van der Waals surface area contributed by atoms with E-state index in [1.807, 2.05) is 31.2 Å². The first-order chi connectivity index (χ1) is 17.3. The van der Waals surface area contributed by atoms with Crippen LogP contribution in [0.1, 0.15) is 44.2 Å². The van der Waals surface area contributed by atoms with Crippen LogP contribution in [0.2, 0.25) is 5.02 Å². The van der Waals surface area contributed by atoms with E-state index < -0.39 is 12.2 Å². The van der Waals surface area contributed by atoms with Crippen LogP contribution in [0, 0.1) is 6.92 Å². The molecule has 0 radical (unpaired) electrons. The predicted octanol–water partition coefficient (Wildman–Crippen LogP) is 4.82. The molecule has 0 spiro atoms. The van der Waals surface area contributed by atoms with Gasteiger partial charge in [0, 0.05) is 45.6 Å². The van der Waals surface area contributed by atoms with Gasteiger partial charge >= 0.3 is 5.97 Å². The summed E-state index contributed by atoms with van der Waals surface area (Å²) in [5.74, 6) is 0.278. The maximum atomic E-state index is 12.6. The van der Waals surface area contributed by atoms with Gasteiger partial charge in [-0.3, -0.25) is 19.4 Å². The molecule has 0 aromatic heterocycles. The fourth-order valence-electron chi connectivity index (χ4n) is 4.97. The molecular formula is C28H36ClN3O4. The third-order valence-electron chi connectivity index (χ3n) is 6.92. The first kappa shape index (κ1) is 26.3. The van der Waals surface area contributed by atoms with Crippen molar-refractivity contribution in [3.8, 4) is 5.75 Å². The van der Waals surface area contributed by atoms with Crippen LogP contribution in [0.25, 0.3) is 0 Å². The Balaban J connectivity index is 1.22. The quantitative estimate of drug-likeness (QED) is 0.354. The van der Waals surface area contributed by atoms with Crippen LogP contribution < -0.4 is 14.5 Å². The number of fused-ring (bicyclic) bond motifs is 1. The second-order valence-electron chi connectivity index (χ2n) is 9.56. The zero-order valence-corrected chi connectivity index (χ0v) is 22.2. The summed E-state index contributed by atoms with van der Waals surface area (Å²) in [6.07, 6.45) is 2.45. The Morgan fingerprint density at radius 1 is 1.06 bits per heavy atom. The first-order valence-corrected chi connectivity index (χ1v) is 13.2. The Morgan fingerprint density at radius 2 is 1.83 bits per heavy atom. The molecule has 4 rings (SSSR count). The minimum Gasteiger partial charge on any atom is -0.494 e. The van der Waals surface area contributed by atoms with Crippen molar-refractivity contribution in [3.63, 3.8) is 0 Å². The zero-order chi connectivity index (χ0) is 25.7. The third-order valence-corrected chi connectivity index (χ3v) is 7.41.